The molecule has 4 aliphatic carbocycles. The van der Waals surface area contributed by atoms with Gasteiger partial charge in [-0.15, -0.1) is 0 Å². The summed E-state index contributed by atoms with van der Waals surface area (Å²) in [5.41, 5.74) is 5.75. The molecule has 6 heteroatoms. The topological polar surface area (TPSA) is 60.0 Å². The van der Waals surface area contributed by atoms with Crippen LogP contribution in [0.1, 0.15) is 66.9 Å². The van der Waals surface area contributed by atoms with Crippen LogP contribution in [0, 0.1) is 17.8 Å². The molecule has 6 nitrogen and oxygen atoms in total. The number of Topliss-reactive ketones (excluding diaryl/α,β-unsaturated/α-hetero) is 1. The Bertz CT molecular complexity index is 1720. The number of ether oxygens (including phenoxy) is 3. The van der Waals surface area contributed by atoms with Crippen LogP contribution >= 0.6 is 0 Å². The minimum Gasteiger partial charge on any atom is -0.441 e. The number of fused-ring (bicyclic) bond motifs is 1. The van der Waals surface area contributed by atoms with Crippen molar-refractivity contribution in [3.8, 4) is 16.9 Å². The molecule has 4 aromatic carbocycles. The summed E-state index contributed by atoms with van der Waals surface area (Å²) in [6.07, 6.45) is 7.94. The fourth-order valence-electron chi connectivity index (χ4n) is 9.83. The van der Waals surface area contributed by atoms with Crippen LogP contribution in [-0.4, -0.2) is 56.6 Å². The summed E-state index contributed by atoms with van der Waals surface area (Å²) in [6.45, 7) is 4.97. The predicted molar refractivity (Wildman–Crippen MR) is 190 cm³/mol. The first-order valence-corrected chi connectivity index (χ1v) is 18.0. The van der Waals surface area contributed by atoms with Gasteiger partial charge in [0.2, 0.25) is 0 Å². The van der Waals surface area contributed by atoms with Crippen molar-refractivity contribution < 1.29 is 19.0 Å². The third-order valence-electron chi connectivity index (χ3n) is 11.7. The van der Waals surface area contributed by atoms with Crippen LogP contribution in [0.5, 0.6) is 5.75 Å². The van der Waals surface area contributed by atoms with Crippen LogP contribution < -0.4 is 10.1 Å². The summed E-state index contributed by atoms with van der Waals surface area (Å²) in [5, 5.41) is 5.81. The quantitative estimate of drug-likeness (QED) is 0.132. The lowest BCUT2D eigenvalue weighted by atomic mass is 9.48. The number of carbonyl (C=O) groups excluding carboxylic acids is 1. The van der Waals surface area contributed by atoms with Gasteiger partial charge in [0.05, 0.1) is 12.6 Å². The molecule has 1 aliphatic heterocycles. The number of carbonyl (C=O) groups is 1. The molecule has 1 N–H and O–H groups in total. The number of nitrogens with zero attached hydrogens (tertiary/aromatic N) is 1. The predicted octanol–water partition coefficient (Wildman–Crippen LogP) is 7.98. The van der Waals surface area contributed by atoms with E-state index < -0.39 is 6.48 Å². The van der Waals surface area contributed by atoms with E-state index in [0.29, 0.717) is 13.2 Å². The Labute approximate surface area is 284 Å². The van der Waals surface area contributed by atoms with E-state index in [0.717, 1.165) is 65.2 Å². The summed E-state index contributed by atoms with van der Waals surface area (Å²) in [6, 6.07) is 29.8. The maximum Gasteiger partial charge on any atom is 0.315 e. The van der Waals surface area contributed by atoms with Gasteiger partial charge < -0.3 is 19.5 Å². The van der Waals surface area contributed by atoms with Crippen LogP contribution in [0.25, 0.3) is 21.9 Å². The van der Waals surface area contributed by atoms with Crippen molar-refractivity contribution >= 4 is 16.6 Å². The summed E-state index contributed by atoms with van der Waals surface area (Å²) < 4.78 is 17.9. The second-order valence-electron chi connectivity index (χ2n) is 14.8. The molecule has 0 aromatic heterocycles. The zero-order chi connectivity index (χ0) is 32.7. The molecule has 250 valence electrons. The maximum absolute atomic E-state index is 13.8. The average Bonchev–Trinajstić information content (AvgIpc) is 3.11. The first kappa shape index (κ1) is 31.7. The number of nitrogens with one attached hydrogen (secondary N) is 1. The van der Waals surface area contributed by atoms with Gasteiger partial charge in [0, 0.05) is 44.4 Å². The lowest BCUT2D eigenvalue weighted by molar-refractivity contribution is -0.231. The largest absolute Gasteiger partial charge is 0.441 e. The molecule has 48 heavy (non-hydrogen) atoms. The lowest BCUT2D eigenvalue weighted by Gasteiger charge is -2.57. The zero-order valence-corrected chi connectivity index (χ0v) is 28.3. The van der Waals surface area contributed by atoms with Gasteiger partial charge in [0.15, 0.2) is 5.78 Å². The van der Waals surface area contributed by atoms with Crippen LogP contribution in [0.2, 0.25) is 0 Å². The Morgan fingerprint density at radius 2 is 1.58 bits per heavy atom. The van der Waals surface area contributed by atoms with Crippen molar-refractivity contribution in [3.63, 3.8) is 0 Å². The van der Waals surface area contributed by atoms with Crippen molar-refractivity contribution in [1.29, 1.82) is 0 Å². The minimum absolute atomic E-state index is 0.156. The number of ketones is 1. The summed E-state index contributed by atoms with van der Waals surface area (Å²) >= 11 is 0. The Balaban J connectivity index is 1.08. The Morgan fingerprint density at radius 1 is 0.875 bits per heavy atom. The summed E-state index contributed by atoms with van der Waals surface area (Å²) in [7, 11) is 1.64. The van der Waals surface area contributed by atoms with E-state index >= 15 is 0 Å². The van der Waals surface area contributed by atoms with E-state index in [2.05, 4.69) is 76.9 Å². The molecule has 4 aromatic rings. The molecule has 4 saturated carbocycles. The number of benzene rings is 4. The molecule has 9 rings (SSSR count). The van der Waals surface area contributed by atoms with Crippen molar-refractivity contribution in [2.24, 2.45) is 17.8 Å². The maximum atomic E-state index is 13.8. The van der Waals surface area contributed by atoms with Gasteiger partial charge in [0.1, 0.15) is 5.75 Å². The first-order valence-electron chi connectivity index (χ1n) is 18.0. The van der Waals surface area contributed by atoms with E-state index in [-0.39, 0.29) is 17.2 Å². The highest BCUT2D eigenvalue weighted by Crippen LogP contribution is 2.62. The van der Waals surface area contributed by atoms with E-state index in [9.17, 15) is 4.79 Å². The van der Waals surface area contributed by atoms with Crippen LogP contribution in [0.4, 0.5) is 0 Å². The van der Waals surface area contributed by atoms with Gasteiger partial charge in [-0.25, -0.2) is 0 Å². The average molecular weight is 645 g/mol. The zero-order valence-electron chi connectivity index (χ0n) is 28.3. The third kappa shape index (κ3) is 6.20. The molecule has 0 radical (unpaired) electrons. The van der Waals surface area contributed by atoms with Crippen molar-refractivity contribution in [2.75, 3.05) is 33.4 Å². The fourth-order valence-corrected chi connectivity index (χ4v) is 9.83. The summed E-state index contributed by atoms with van der Waals surface area (Å²) in [4.78, 5) is 16.1. The fraction of sp³-hybridized carbons (Fsp3) is 0.452. The molecular formula is C42H48N2O4. The molecule has 1 saturated heterocycles. The molecule has 5 fully saturated rings. The smallest absolute Gasteiger partial charge is 0.315 e. The minimum atomic E-state index is -0.726. The SMILES string of the molecule is CCOC(OC)Oc1cc2ccc(-c3ccc(C(=O)C4CNCCN4Cc4ccccc4)cc3)cc2cc1C12CC3CC(CC(C3)C1)C2. The van der Waals surface area contributed by atoms with E-state index in [1.165, 1.54) is 55.0 Å². The highest BCUT2D eigenvalue weighted by molar-refractivity contribution is 6.01. The van der Waals surface area contributed by atoms with E-state index in [4.69, 9.17) is 14.2 Å². The lowest BCUT2D eigenvalue weighted by Crippen LogP contribution is -2.54. The number of hydrogen-bond donors (Lipinski definition) is 1. The number of piperazine rings is 1. The molecule has 4 bridgehead atoms. The number of methoxy groups -OCH3 is 1. The van der Waals surface area contributed by atoms with Crippen LogP contribution in [0.15, 0.2) is 84.9 Å². The molecule has 0 amide bonds. The molecule has 5 aliphatic rings. The van der Waals surface area contributed by atoms with E-state index in [1.54, 1.807) is 7.11 Å². The van der Waals surface area contributed by atoms with Crippen molar-refractivity contribution in [1.82, 2.24) is 10.2 Å². The Hall–Kier alpha value is -3.55. The standard InChI is InChI=1S/C42H48N2O4/c1-3-47-41(46-2)48-39-22-35-14-13-34(20-36(35)21-37(39)42-23-29-17-30(24-42)19-31(18-29)25-42)32-9-11-33(12-10-32)40(45)38-26-43-15-16-44(38)27-28-7-5-4-6-8-28/h4-14,20-22,29-31,38,41,43H,3,15-19,23-27H2,1-2H3. The van der Waals surface area contributed by atoms with Crippen LogP contribution in [-0.2, 0) is 21.4 Å². The first-order chi connectivity index (χ1) is 23.5. The van der Waals surface area contributed by atoms with Crippen LogP contribution in [0.3, 0.4) is 0 Å². The Morgan fingerprint density at radius 3 is 2.27 bits per heavy atom. The number of hydrogen-bond acceptors (Lipinski definition) is 6. The molecule has 2 unspecified atom stereocenters. The molecular weight excluding hydrogens is 596 g/mol. The van der Waals surface area contributed by atoms with E-state index in [1.807, 2.05) is 25.1 Å². The monoisotopic (exact) mass is 644 g/mol. The molecule has 2 atom stereocenters. The van der Waals surface area contributed by atoms with Gasteiger partial charge in [0.25, 0.3) is 0 Å². The Kier molecular flexibility index (Phi) is 8.85. The highest BCUT2D eigenvalue weighted by atomic mass is 16.8. The van der Waals surface area contributed by atoms with Crippen molar-refractivity contribution in [2.45, 2.75) is 69.9 Å². The molecule has 0 spiro atoms. The second kappa shape index (κ2) is 13.4. The van der Waals surface area contributed by atoms with Gasteiger partial charge in [-0.3, -0.25) is 9.69 Å². The summed E-state index contributed by atoms with van der Waals surface area (Å²) in [5.74, 6) is 3.56. The second-order valence-corrected chi connectivity index (χ2v) is 14.8. The third-order valence-corrected chi connectivity index (χ3v) is 11.7. The van der Waals surface area contributed by atoms with Gasteiger partial charge in [-0.05, 0) is 114 Å². The number of rotatable bonds is 11. The van der Waals surface area contributed by atoms with Gasteiger partial charge in [-0.1, -0.05) is 66.7 Å². The highest BCUT2D eigenvalue weighted by Gasteiger charge is 2.52. The molecule has 1 heterocycles. The van der Waals surface area contributed by atoms with Gasteiger partial charge in [-0.2, -0.15) is 0 Å². The normalized spacial score (nSPS) is 27.3. The van der Waals surface area contributed by atoms with Crippen molar-refractivity contribution in [3.05, 3.63) is 102 Å². The van der Waals surface area contributed by atoms with Gasteiger partial charge >= 0.3 is 6.48 Å².